The van der Waals surface area contributed by atoms with Gasteiger partial charge in [-0.3, -0.25) is 14.5 Å². The first-order valence-corrected chi connectivity index (χ1v) is 12.4. The highest BCUT2D eigenvalue weighted by Crippen LogP contribution is 2.32. The number of benzene rings is 3. The summed E-state index contributed by atoms with van der Waals surface area (Å²) >= 11 is 0. The molecule has 0 aromatic heterocycles. The maximum atomic E-state index is 13.2. The summed E-state index contributed by atoms with van der Waals surface area (Å²) in [5.41, 5.74) is 3.63. The number of hydrogen-bond acceptors (Lipinski definition) is 3. The van der Waals surface area contributed by atoms with E-state index in [2.05, 4.69) is 10.2 Å². The first-order chi connectivity index (χ1) is 17.7. The van der Waals surface area contributed by atoms with Gasteiger partial charge in [0.1, 0.15) is 0 Å². The van der Waals surface area contributed by atoms with E-state index >= 15 is 0 Å². The summed E-state index contributed by atoms with van der Waals surface area (Å²) in [4.78, 5) is 29.6. The van der Waals surface area contributed by atoms with E-state index in [1.54, 1.807) is 24.3 Å². The Morgan fingerprint density at radius 2 is 1.65 bits per heavy atom. The molecule has 37 heavy (non-hydrogen) atoms. The highest BCUT2D eigenvalue weighted by Gasteiger charge is 2.30. The molecule has 194 valence electrons. The van der Waals surface area contributed by atoms with Crippen LogP contribution in [-0.2, 0) is 23.9 Å². The molecule has 0 spiro atoms. The van der Waals surface area contributed by atoms with E-state index in [9.17, 15) is 22.8 Å². The van der Waals surface area contributed by atoms with E-state index in [-0.39, 0.29) is 11.8 Å². The Morgan fingerprint density at radius 3 is 2.32 bits per heavy atom. The fraction of sp³-hybridized carbons (Fsp3) is 0.310. The second-order valence-corrected chi connectivity index (χ2v) is 9.08. The second-order valence-electron chi connectivity index (χ2n) is 9.08. The van der Waals surface area contributed by atoms with Crippen LogP contribution in [0, 0.1) is 0 Å². The third-order valence-electron chi connectivity index (χ3n) is 6.73. The van der Waals surface area contributed by atoms with Gasteiger partial charge in [0.2, 0.25) is 5.91 Å². The van der Waals surface area contributed by atoms with Crippen molar-refractivity contribution >= 4 is 17.5 Å². The second kappa shape index (κ2) is 11.2. The van der Waals surface area contributed by atoms with E-state index in [1.165, 1.54) is 12.1 Å². The highest BCUT2D eigenvalue weighted by atomic mass is 19.4. The molecule has 4 rings (SSSR count). The molecule has 1 aliphatic rings. The zero-order chi connectivity index (χ0) is 26.6. The van der Waals surface area contributed by atoms with Gasteiger partial charge in [0.25, 0.3) is 5.91 Å². The first kappa shape index (κ1) is 26.4. The van der Waals surface area contributed by atoms with Crippen LogP contribution >= 0.6 is 0 Å². The van der Waals surface area contributed by atoms with Crippen LogP contribution in [0.3, 0.4) is 0 Å². The lowest BCUT2D eigenvalue weighted by molar-refractivity contribution is -0.137. The predicted octanol–water partition coefficient (Wildman–Crippen LogP) is 5.85. The normalized spacial score (nSPS) is 13.6. The van der Waals surface area contributed by atoms with Crippen molar-refractivity contribution in [2.45, 2.75) is 33.0 Å². The van der Waals surface area contributed by atoms with Gasteiger partial charge in [-0.2, -0.15) is 13.2 Å². The summed E-state index contributed by atoms with van der Waals surface area (Å²) in [5, 5.41) is 2.93. The minimum atomic E-state index is -4.42. The molecule has 0 saturated carbocycles. The minimum absolute atomic E-state index is 0.129. The Hall–Kier alpha value is -3.65. The molecule has 3 aromatic rings. The lowest BCUT2D eigenvalue weighted by Crippen LogP contribution is -2.42. The molecule has 2 amide bonds. The third kappa shape index (κ3) is 6.20. The summed E-state index contributed by atoms with van der Waals surface area (Å²) in [6.45, 7) is 7.17. The Kier molecular flexibility index (Phi) is 7.97. The number of rotatable bonds is 7. The molecule has 1 heterocycles. The summed E-state index contributed by atoms with van der Waals surface area (Å²) < 4.78 is 38.8. The molecule has 0 atom stereocenters. The number of likely N-dealkylation sites (N-methyl/N-ethyl adjacent to an activating group) is 1. The lowest BCUT2D eigenvalue weighted by Gasteiger charge is -2.30. The minimum Gasteiger partial charge on any atom is -0.342 e. The maximum absolute atomic E-state index is 13.2. The van der Waals surface area contributed by atoms with Crippen molar-refractivity contribution < 1.29 is 22.8 Å². The van der Waals surface area contributed by atoms with Crippen molar-refractivity contribution in [3.05, 3.63) is 89.0 Å². The molecule has 0 aliphatic carbocycles. The number of hydrogen-bond donors (Lipinski definition) is 1. The summed E-state index contributed by atoms with van der Waals surface area (Å²) in [5.74, 6) is -0.207. The van der Waals surface area contributed by atoms with Gasteiger partial charge in [0.05, 0.1) is 12.1 Å². The van der Waals surface area contributed by atoms with E-state index in [1.807, 2.05) is 36.9 Å². The topological polar surface area (TPSA) is 52.7 Å². The van der Waals surface area contributed by atoms with Crippen LogP contribution in [0.25, 0.3) is 11.1 Å². The maximum Gasteiger partial charge on any atom is 0.416 e. The number of fused-ring (bicyclic) bond motifs is 1. The van der Waals surface area contributed by atoms with E-state index in [4.69, 9.17) is 0 Å². The van der Waals surface area contributed by atoms with Gasteiger partial charge >= 0.3 is 6.18 Å². The standard InChI is InChI=1S/C29H30F3N3O2/c1-3-35(4-2)27(36)19-34-16-15-21-17-24(14-11-22(21)18-34)33-28(37)26-8-6-5-7-25(26)20-9-12-23(13-10-20)29(30,31)32/h5-14,17H,3-4,15-16,18-19H2,1-2H3,(H,33,37). The zero-order valence-corrected chi connectivity index (χ0v) is 20.9. The fourth-order valence-corrected chi connectivity index (χ4v) is 4.66. The molecular formula is C29H30F3N3O2. The number of halogens is 3. The Bertz CT molecular complexity index is 1270. The van der Waals surface area contributed by atoms with Crippen LogP contribution in [0.15, 0.2) is 66.7 Å². The van der Waals surface area contributed by atoms with Crippen molar-refractivity contribution in [3.8, 4) is 11.1 Å². The quantitative estimate of drug-likeness (QED) is 0.435. The van der Waals surface area contributed by atoms with Crippen LogP contribution in [0.4, 0.5) is 18.9 Å². The Morgan fingerprint density at radius 1 is 0.946 bits per heavy atom. The SMILES string of the molecule is CCN(CC)C(=O)CN1CCc2cc(NC(=O)c3ccccc3-c3ccc(C(F)(F)F)cc3)ccc2C1. The number of alkyl halides is 3. The third-order valence-corrected chi connectivity index (χ3v) is 6.73. The number of anilines is 1. The Labute approximate surface area is 214 Å². The number of carbonyl (C=O) groups is 2. The van der Waals surface area contributed by atoms with Crippen LogP contribution in [-0.4, -0.2) is 47.8 Å². The predicted molar refractivity (Wildman–Crippen MR) is 138 cm³/mol. The van der Waals surface area contributed by atoms with Gasteiger partial charge in [-0.05, 0) is 72.9 Å². The molecule has 0 saturated heterocycles. The van der Waals surface area contributed by atoms with E-state index in [0.717, 1.165) is 36.2 Å². The number of amides is 2. The van der Waals surface area contributed by atoms with E-state index < -0.39 is 11.7 Å². The Balaban J connectivity index is 1.46. The monoisotopic (exact) mass is 509 g/mol. The average molecular weight is 510 g/mol. The average Bonchev–Trinajstić information content (AvgIpc) is 2.89. The van der Waals surface area contributed by atoms with Gasteiger partial charge in [0.15, 0.2) is 0 Å². The van der Waals surface area contributed by atoms with Crippen molar-refractivity contribution in [1.82, 2.24) is 9.80 Å². The number of carbonyl (C=O) groups excluding carboxylic acids is 2. The molecule has 0 bridgehead atoms. The van der Waals surface area contributed by atoms with Crippen LogP contribution in [0.2, 0.25) is 0 Å². The fourth-order valence-electron chi connectivity index (χ4n) is 4.66. The molecule has 3 aromatic carbocycles. The van der Waals surface area contributed by atoms with Gasteiger partial charge in [-0.15, -0.1) is 0 Å². The lowest BCUT2D eigenvalue weighted by atomic mass is 9.97. The summed E-state index contributed by atoms with van der Waals surface area (Å²) in [6.07, 6.45) is -3.65. The smallest absolute Gasteiger partial charge is 0.342 e. The van der Waals surface area contributed by atoms with Crippen LogP contribution < -0.4 is 5.32 Å². The summed E-state index contributed by atoms with van der Waals surface area (Å²) in [7, 11) is 0. The van der Waals surface area contributed by atoms with Crippen molar-refractivity contribution in [3.63, 3.8) is 0 Å². The van der Waals surface area contributed by atoms with E-state index in [0.29, 0.717) is 48.6 Å². The highest BCUT2D eigenvalue weighted by molar-refractivity contribution is 6.08. The number of nitrogens with zero attached hydrogens (tertiary/aromatic N) is 2. The molecule has 5 nitrogen and oxygen atoms in total. The molecule has 0 fully saturated rings. The summed E-state index contributed by atoms with van der Waals surface area (Å²) in [6, 6.07) is 17.4. The van der Waals surface area contributed by atoms with Crippen LogP contribution in [0.1, 0.15) is 40.9 Å². The van der Waals surface area contributed by atoms with Crippen molar-refractivity contribution in [1.29, 1.82) is 0 Å². The molecule has 1 N–H and O–H groups in total. The molecular weight excluding hydrogens is 479 g/mol. The van der Waals surface area contributed by atoms with Crippen molar-refractivity contribution in [2.75, 3.05) is 31.5 Å². The first-order valence-electron chi connectivity index (χ1n) is 12.4. The number of nitrogens with one attached hydrogen (secondary N) is 1. The molecule has 1 aliphatic heterocycles. The molecule has 0 unspecified atom stereocenters. The van der Waals surface area contributed by atoms with Gasteiger partial charge in [0, 0.05) is 37.4 Å². The largest absolute Gasteiger partial charge is 0.416 e. The van der Waals surface area contributed by atoms with Crippen molar-refractivity contribution in [2.24, 2.45) is 0 Å². The van der Waals surface area contributed by atoms with Gasteiger partial charge in [-0.1, -0.05) is 36.4 Å². The zero-order valence-electron chi connectivity index (χ0n) is 20.9. The molecule has 0 radical (unpaired) electrons. The van der Waals surface area contributed by atoms with Gasteiger partial charge < -0.3 is 10.2 Å². The van der Waals surface area contributed by atoms with Crippen LogP contribution in [0.5, 0.6) is 0 Å². The molecule has 8 heteroatoms. The van der Waals surface area contributed by atoms with Gasteiger partial charge in [-0.25, -0.2) is 0 Å².